The first-order chi connectivity index (χ1) is 13.4. The molecule has 0 bridgehead atoms. The maximum absolute atomic E-state index is 12.7. The van der Waals surface area contributed by atoms with E-state index < -0.39 is 0 Å². The number of nitrogens with one attached hydrogen (secondary N) is 1. The molecule has 3 rings (SSSR count). The molecule has 28 heavy (non-hydrogen) atoms. The van der Waals surface area contributed by atoms with Gasteiger partial charge in [0.2, 0.25) is 0 Å². The Morgan fingerprint density at radius 1 is 1.04 bits per heavy atom. The quantitative estimate of drug-likeness (QED) is 0.676. The normalized spacial score (nSPS) is 12.2. The lowest BCUT2D eigenvalue weighted by molar-refractivity contribution is 0.0922. The summed E-state index contributed by atoms with van der Waals surface area (Å²) < 4.78 is 1.95. The van der Waals surface area contributed by atoms with Crippen LogP contribution in [0.1, 0.15) is 42.7 Å². The van der Waals surface area contributed by atoms with Crippen LogP contribution >= 0.6 is 0 Å². The van der Waals surface area contributed by atoms with E-state index in [4.69, 9.17) is 0 Å². The van der Waals surface area contributed by atoms with Crippen molar-refractivity contribution in [1.82, 2.24) is 15.1 Å². The average Bonchev–Trinajstić information content (AvgIpc) is 3.18. The van der Waals surface area contributed by atoms with Crippen LogP contribution in [0, 0.1) is 6.92 Å². The third kappa shape index (κ3) is 4.31. The monoisotopic (exact) mass is 377 g/mol. The predicted octanol–water partition coefficient (Wildman–Crippen LogP) is 4.22. The Labute approximate surface area is 166 Å². The fraction of sp³-hybridized carbons (Fsp3) is 0.304. The van der Waals surface area contributed by atoms with Crippen molar-refractivity contribution in [2.45, 2.75) is 39.8 Å². The van der Waals surface area contributed by atoms with Gasteiger partial charge in [-0.05, 0) is 63.1 Å². The van der Waals surface area contributed by atoms with E-state index in [-0.39, 0.29) is 24.6 Å². The van der Waals surface area contributed by atoms with E-state index >= 15 is 0 Å². The number of aliphatic hydroxyl groups excluding tert-OH is 1. The molecule has 0 aliphatic heterocycles. The maximum atomic E-state index is 12.7. The molecule has 1 amide bonds. The zero-order valence-electron chi connectivity index (χ0n) is 16.8. The Bertz CT molecular complexity index is 958. The van der Waals surface area contributed by atoms with Crippen molar-refractivity contribution in [1.29, 1.82) is 0 Å². The van der Waals surface area contributed by atoms with Gasteiger partial charge >= 0.3 is 0 Å². The standard InChI is InChI=1S/C23H27N3O2/c1-15(2)26-22(9-10-24-26)20-11-19(18-7-5-16(3)6-8-18)12-21(13-20)23(28)25-17(4)14-27/h5-13,15,17,27H,14H2,1-4H3,(H,25,28). The van der Waals surface area contributed by atoms with Crippen molar-refractivity contribution in [3.8, 4) is 22.4 Å². The van der Waals surface area contributed by atoms with E-state index in [1.807, 2.05) is 22.9 Å². The number of rotatable bonds is 6. The highest BCUT2D eigenvalue weighted by Gasteiger charge is 2.15. The summed E-state index contributed by atoms with van der Waals surface area (Å²) in [6, 6.07) is 16.0. The van der Waals surface area contributed by atoms with Crippen molar-refractivity contribution < 1.29 is 9.90 Å². The van der Waals surface area contributed by atoms with Gasteiger partial charge in [0.1, 0.15) is 0 Å². The first kappa shape index (κ1) is 19.8. The van der Waals surface area contributed by atoms with Gasteiger partial charge in [0.15, 0.2) is 0 Å². The average molecular weight is 377 g/mol. The zero-order valence-corrected chi connectivity index (χ0v) is 16.8. The van der Waals surface area contributed by atoms with Gasteiger partial charge in [-0.15, -0.1) is 0 Å². The van der Waals surface area contributed by atoms with Crippen LogP contribution in [-0.4, -0.2) is 33.4 Å². The highest BCUT2D eigenvalue weighted by molar-refractivity contribution is 5.97. The highest BCUT2D eigenvalue weighted by atomic mass is 16.3. The molecular formula is C23H27N3O2. The van der Waals surface area contributed by atoms with Crippen LogP contribution in [0.15, 0.2) is 54.7 Å². The molecule has 0 aliphatic rings. The number of carbonyl (C=O) groups excluding carboxylic acids is 1. The van der Waals surface area contributed by atoms with Crippen LogP contribution in [-0.2, 0) is 0 Å². The lowest BCUT2D eigenvalue weighted by Gasteiger charge is -2.15. The Hall–Kier alpha value is -2.92. The minimum atomic E-state index is -0.305. The van der Waals surface area contributed by atoms with Gasteiger partial charge in [0, 0.05) is 29.4 Å². The fourth-order valence-corrected chi connectivity index (χ4v) is 3.13. The lowest BCUT2D eigenvalue weighted by atomic mass is 9.97. The number of aliphatic hydroxyl groups is 1. The second kappa shape index (κ2) is 8.40. The van der Waals surface area contributed by atoms with Gasteiger partial charge in [-0.3, -0.25) is 9.48 Å². The molecule has 5 heteroatoms. The van der Waals surface area contributed by atoms with Crippen LogP contribution in [0.3, 0.4) is 0 Å². The molecule has 0 radical (unpaired) electrons. The van der Waals surface area contributed by atoms with Crippen molar-refractivity contribution in [2.75, 3.05) is 6.61 Å². The first-order valence-electron chi connectivity index (χ1n) is 9.56. The van der Waals surface area contributed by atoms with Gasteiger partial charge < -0.3 is 10.4 Å². The number of aromatic nitrogens is 2. The molecule has 1 unspecified atom stereocenters. The second-order valence-electron chi connectivity index (χ2n) is 7.48. The van der Waals surface area contributed by atoms with E-state index in [2.05, 4.69) is 61.5 Å². The highest BCUT2D eigenvalue weighted by Crippen LogP contribution is 2.30. The van der Waals surface area contributed by atoms with Gasteiger partial charge in [-0.1, -0.05) is 29.8 Å². The third-order valence-corrected chi connectivity index (χ3v) is 4.69. The van der Waals surface area contributed by atoms with Crippen molar-refractivity contribution >= 4 is 5.91 Å². The molecule has 5 nitrogen and oxygen atoms in total. The summed E-state index contributed by atoms with van der Waals surface area (Å²) in [5, 5.41) is 16.5. The fourth-order valence-electron chi connectivity index (χ4n) is 3.13. The predicted molar refractivity (Wildman–Crippen MR) is 112 cm³/mol. The zero-order chi connectivity index (χ0) is 20.3. The maximum Gasteiger partial charge on any atom is 0.251 e. The Morgan fingerprint density at radius 3 is 2.36 bits per heavy atom. The summed E-state index contributed by atoms with van der Waals surface area (Å²) in [5.41, 5.74) is 5.67. The summed E-state index contributed by atoms with van der Waals surface area (Å²) in [6.45, 7) is 7.89. The van der Waals surface area contributed by atoms with Crippen molar-refractivity contribution in [2.24, 2.45) is 0 Å². The molecular weight excluding hydrogens is 350 g/mol. The molecule has 0 fully saturated rings. The molecule has 0 aliphatic carbocycles. The minimum absolute atomic E-state index is 0.101. The molecule has 0 saturated carbocycles. The van der Waals surface area contributed by atoms with Gasteiger partial charge in [-0.25, -0.2) is 0 Å². The smallest absolute Gasteiger partial charge is 0.251 e. The molecule has 1 aromatic heterocycles. The number of amides is 1. The molecule has 0 saturated heterocycles. The first-order valence-corrected chi connectivity index (χ1v) is 9.56. The SMILES string of the molecule is Cc1ccc(-c2cc(C(=O)NC(C)CO)cc(-c3ccnn3C(C)C)c2)cc1. The number of hydrogen-bond donors (Lipinski definition) is 2. The molecule has 1 atom stereocenters. The molecule has 2 aromatic carbocycles. The summed E-state index contributed by atoms with van der Waals surface area (Å²) >= 11 is 0. The topological polar surface area (TPSA) is 67.2 Å². The lowest BCUT2D eigenvalue weighted by Crippen LogP contribution is -2.35. The summed E-state index contributed by atoms with van der Waals surface area (Å²) in [6.07, 6.45) is 1.78. The summed E-state index contributed by atoms with van der Waals surface area (Å²) in [4.78, 5) is 12.7. The van der Waals surface area contributed by atoms with Crippen molar-refractivity contribution in [3.63, 3.8) is 0 Å². The van der Waals surface area contributed by atoms with E-state index in [0.717, 1.165) is 22.4 Å². The van der Waals surface area contributed by atoms with Crippen LogP contribution in [0.5, 0.6) is 0 Å². The molecule has 0 spiro atoms. The molecule has 1 heterocycles. The number of aryl methyl sites for hydroxylation is 1. The second-order valence-corrected chi connectivity index (χ2v) is 7.48. The number of nitrogens with zero attached hydrogens (tertiary/aromatic N) is 2. The van der Waals surface area contributed by atoms with Gasteiger partial charge in [0.05, 0.1) is 12.3 Å². The Balaban J connectivity index is 2.12. The Morgan fingerprint density at radius 2 is 1.71 bits per heavy atom. The van der Waals surface area contributed by atoms with Gasteiger partial charge in [-0.2, -0.15) is 5.10 Å². The minimum Gasteiger partial charge on any atom is -0.394 e. The van der Waals surface area contributed by atoms with Crippen LogP contribution < -0.4 is 5.32 Å². The molecule has 146 valence electrons. The van der Waals surface area contributed by atoms with Gasteiger partial charge in [0.25, 0.3) is 5.91 Å². The number of benzene rings is 2. The summed E-state index contributed by atoms with van der Waals surface area (Å²) in [5.74, 6) is -0.202. The number of hydrogen-bond acceptors (Lipinski definition) is 3. The number of carbonyl (C=O) groups is 1. The molecule has 3 aromatic rings. The van der Waals surface area contributed by atoms with Crippen LogP contribution in [0.4, 0.5) is 0 Å². The van der Waals surface area contributed by atoms with E-state index in [9.17, 15) is 9.90 Å². The third-order valence-electron chi connectivity index (χ3n) is 4.69. The van der Waals surface area contributed by atoms with Crippen molar-refractivity contribution in [3.05, 3.63) is 65.9 Å². The Kier molecular flexibility index (Phi) is 5.95. The van der Waals surface area contributed by atoms with Crippen LogP contribution in [0.25, 0.3) is 22.4 Å². The molecule has 2 N–H and O–H groups in total. The van der Waals surface area contributed by atoms with E-state index in [1.165, 1.54) is 5.56 Å². The van der Waals surface area contributed by atoms with E-state index in [0.29, 0.717) is 5.56 Å². The van der Waals surface area contributed by atoms with E-state index in [1.54, 1.807) is 13.1 Å². The summed E-state index contributed by atoms with van der Waals surface area (Å²) in [7, 11) is 0. The largest absolute Gasteiger partial charge is 0.394 e. The van der Waals surface area contributed by atoms with Crippen LogP contribution in [0.2, 0.25) is 0 Å².